The van der Waals surface area contributed by atoms with E-state index in [-0.39, 0.29) is 18.1 Å². The van der Waals surface area contributed by atoms with Gasteiger partial charge in [-0.05, 0) is 24.0 Å². The molecular formula is C27H34N2O10. The highest BCUT2D eigenvalue weighted by Crippen LogP contribution is 2.71. The van der Waals surface area contributed by atoms with E-state index in [0.29, 0.717) is 13.0 Å². The van der Waals surface area contributed by atoms with Crippen LogP contribution in [0.25, 0.3) is 0 Å². The number of carbonyl (C=O) groups excluding carboxylic acids is 1. The van der Waals surface area contributed by atoms with E-state index in [1.165, 1.54) is 7.11 Å². The van der Waals surface area contributed by atoms with E-state index in [4.69, 9.17) is 23.7 Å². The molecule has 1 aromatic rings. The lowest BCUT2D eigenvalue weighted by Crippen LogP contribution is -2.80. The van der Waals surface area contributed by atoms with Gasteiger partial charge in [0.05, 0.1) is 25.4 Å². The second-order valence-corrected chi connectivity index (χ2v) is 11.4. The standard InChI is InChI=1S/C27H34N2O10/c1-3-11-13-8-17-27-18(12-6-4-5-7-14(12)29-27)15(9-28-17)37-25(26(13,27)24(34)35-2)39-22(11)38-23-21(33)20(32)19(31)16(10-30)36-23/h3-7,11,13,15-23,25,28-33H,1,8-10H2,2H3/t11-,13?,15+,16-,17-,18-,19-,20+,21-,22+,23+,25+,26?,27-/m0/s1. The molecule has 14 atom stereocenters. The van der Waals surface area contributed by atoms with E-state index in [9.17, 15) is 25.2 Å². The summed E-state index contributed by atoms with van der Waals surface area (Å²) < 4.78 is 30.2. The molecule has 1 spiro atoms. The minimum atomic E-state index is -1.61. The number of para-hydroxylation sites is 1. The van der Waals surface area contributed by atoms with Crippen LogP contribution >= 0.6 is 0 Å². The third kappa shape index (κ3) is 3.06. The Labute approximate surface area is 224 Å². The molecule has 1 aromatic carbocycles. The quantitative estimate of drug-likeness (QED) is 0.193. The van der Waals surface area contributed by atoms with Crippen LogP contribution in [0.1, 0.15) is 17.9 Å². The molecule has 1 saturated carbocycles. The average Bonchev–Trinajstić information content (AvgIpc) is 3.47. The van der Waals surface area contributed by atoms with Gasteiger partial charge in [0.25, 0.3) is 0 Å². The fraction of sp³-hybridized carbons (Fsp3) is 0.667. The number of methoxy groups -OCH3 is 1. The summed E-state index contributed by atoms with van der Waals surface area (Å²) in [6.07, 6.45) is -7.53. The number of benzene rings is 1. The van der Waals surface area contributed by atoms with E-state index in [1.807, 2.05) is 18.2 Å². The van der Waals surface area contributed by atoms with Crippen molar-refractivity contribution >= 4 is 11.7 Å². The van der Waals surface area contributed by atoms with Crippen molar-refractivity contribution in [3.8, 4) is 0 Å². The normalized spacial score (nSPS) is 50.9. The number of ether oxygens (including phenoxy) is 5. The van der Waals surface area contributed by atoms with Gasteiger partial charge >= 0.3 is 5.97 Å². The largest absolute Gasteiger partial charge is 0.468 e. The predicted octanol–water partition coefficient (Wildman–Crippen LogP) is -1.21. The van der Waals surface area contributed by atoms with E-state index in [0.717, 1.165) is 11.3 Å². The van der Waals surface area contributed by atoms with Gasteiger partial charge in [-0.1, -0.05) is 24.3 Å². The number of aliphatic hydroxyl groups is 4. The van der Waals surface area contributed by atoms with Gasteiger partial charge in [0.15, 0.2) is 18.9 Å². The topological polar surface area (TPSA) is 168 Å². The van der Waals surface area contributed by atoms with Gasteiger partial charge in [0.1, 0.15) is 29.8 Å². The molecule has 0 amide bonds. The molecule has 212 valence electrons. The minimum absolute atomic E-state index is 0.126. The van der Waals surface area contributed by atoms with Gasteiger partial charge in [-0.15, -0.1) is 6.58 Å². The van der Waals surface area contributed by atoms with Crippen molar-refractivity contribution in [2.45, 2.75) is 73.3 Å². The number of anilines is 1. The zero-order chi connectivity index (χ0) is 27.3. The smallest absolute Gasteiger partial charge is 0.319 e. The summed E-state index contributed by atoms with van der Waals surface area (Å²) in [6, 6.07) is 7.89. The van der Waals surface area contributed by atoms with Crippen LogP contribution in [0.15, 0.2) is 36.9 Å². The molecule has 12 heteroatoms. The molecule has 6 N–H and O–H groups in total. The second kappa shape index (κ2) is 8.93. The maximum atomic E-state index is 14.0. The fourth-order valence-electron chi connectivity index (χ4n) is 8.49. The van der Waals surface area contributed by atoms with Crippen LogP contribution in [-0.2, 0) is 28.5 Å². The third-order valence-electron chi connectivity index (χ3n) is 9.99. The number of esters is 1. The Bertz CT molecular complexity index is 1170. The molecular weight excluding hydrogens is 512 g/mol. The number of piperidine rings is 1. The first-order valence-corrected chi connectivity index (χ1v) is 13.4. The number of nitrogens with one attached hydrogen (secondary N) is 2. The molecule has 6 aliphatic rings. The molecule has 5 heterocycles. The SMILES string of the molecule is C=C[C@H]1C2C[C@@H]3NC[C@H]4O[C@H](O[C@H]1O[C@H]1O[C@@H](CO)[C@H](O)[C@@H](O)[C@@H]1O)C2(C(=O)OC)[C@]31Nc2ccccc2[C@@H]41. The number of fused-ring (bicyclic) bond motifs is 1. The molecule has 0 aromatic heterocycles. The van der Waals surface area contributed by atoms with Crippen LogP contribution < -0.4 is 10.6 Å². The molecule has 0 radical (unpaired) electrons. The molecule has 12 nitrogen and oxygen atoms in total. The Morgan fingerprint density at radius 3 is 2.69 bits per heavy atom. The van der Waals surface area contributed by atoms with Gasteiger partial charge in [-0.25, -0.2) is 0 Å². The van der Waals surface area contributed by atoms with E-state index >= 15 is 0 Å². The summed E-state index contributed by atoms with van der Waals surface area (Å²) in [7, 11) is 1.36. The minimum Gasteiger partial charge on any atom is -0.468 e. The van der Waals surface area contributed by atoms with Crippen LogP contribution in [0.2, 0.25) is 0 Å². The molecule has 39 heavy (non-hydrogen) atoms. The summed E-state index contributed by atoms with van der Waals surface area (Å²) in [5.41, 5.74) is -0.0283. The lowest BCUT2D eigenvalue weighted by molar-refractivity contribution is -0.405. The molecule has 2 bridgehead atoms. The summed E-state index contributed by atoms with van der Waals surface area (Å²) in [5, 5.41) is 48.1. The third-order valence-corrected chi connectivity index (χ3v) is 9.99. The van der Waals surface area contributed by atoms with Crippen molar-refractivity contribution in [2.75, 3.05) is 25.6 Å². The number of rotatable bonds is 5. The highest BCUT2D eigenvalue weighted by atomic mass is 16.8. The molecule has 1 aliphatic carbocycles. The fourth-order valence-corrected chi connectivity index (χ4v) is 8.49. The highest BCUT2D eigenvalue weighted by molar-refractivity contribution is 5.85. The Hall–Kier alpha value is -2.13. The summed E-state index contributed by atoms with van der Waals surface area (Å²) in [4.78, 5) is 14.0. The summed E-state index contributed by atoms with van der Waals surface area (Å²) >= 11 is 0. The number of hydrogen-bond donors (Lipinski definition) is 6. The number of aliphatic hydroxyl groups excluding tert-OH is 4. The molecule has 7 rings (SSSR count). The monoisotopic (exact) mass is 546 g/mol. The van der Waals surface area contributed by atoms with E-state index < -0.39 is 78.7 Å². The van der Waals surface area contributed by atoms with Crippen LogP contribution in [0, 0.1) is 17.3 Å². The zero-order valence-corrected chi connectivity index (χ0v) is 21.4. The maximum Gasteiger partial charge on any atom is 0.319 e. The molecule has 5 fully saturated rings. The number of carbonyl (C=O) groups is 1. The Morgan fingerprint density at radius 1 is 1.15 bits per heavy atom. The summed E-state index contributed by atoms with van der Waals surface area (Å²) in [5.74, 6) is -1.55. The Kier molecular flexibility index (Phi) is 5.91. The predicted molar refractivity (Wildman–Crippen MR) is 132 cm³/mol. The lowest BCUT2D eigenvalue weighted by Gasteiger charge is -2.63. The van der Waals surface area contributed by atoms with Crippen molar-refractivity contribution in [2.24, 2.45) is 17.3 Å². The maximum absolute atomic E-state index is 14.0. The highest BCUT2D eigenvalue weighted by Gasteiger charge is 2.84. The van der Waals surface area contributed by atoms with Crippen molar-refractivity contribution < 1.29 is 48.9 Å². The van der Waals surface area contributed by atoms with Gasteiger partial charge < -0.3 is 54.7 Å². The van der Waals surface area contributed by atoms with Crippen LogP contribution in [0.5, 0.6) is 0 Å². The van der Waals surface area contributed by atoms with E-state index in [2.05, 4.69) is 23.3 Å². The molecule has 5 aliphatic heterocycles. The van der Waals surface area contributed by atoms with Crippen LogP contribution in [-0.4, -0.2) is 108 Å². The van der Waals surface area contributed by atoms with Crippen LogP contribution in [0.3, 0.4) is 0 Å². The van der Waals surface area contributed by atoms with Gasteiger partial charge in [0, 0.05) is 30.1 Å². The first-order valence-electron chi connectivity index (χ1n) is 13.4. The van der Waals surface area contributed by atoms with Gasteiger partial charge in [-0.3, -0.25) is 4.79 Å². The van der Waals surface area contributed by atoms with Crippen molar-refractivity contribution in [3.63, 3.8) is 0 Å². The van der Waals surface area contributed by atoms with Gasteiger partial charge in [0.2, 0.25) is 0 Å². The Morgan fingerprint density at radius 2 is 1.95 bits per heavy atom. The first-order chi connectivity index (χ1) is 18.8. The van der Waals surface area contributed by atoms with Crippen molar-refractivity contribution in [3.05, 3.63) is 42.5 Å². The first kappa shape index (κ1) is 25.8. The summed E-state index contributed by atoms with van der Waals surface area (Å²) in [6.45, 7) is 4.01. The van der Waals surface area contributed by atoms with Crippen LogP contribution in [0.4, 0.5) is 5.69 Å². The van der Waals surface area contributed by atoms with Crippen molar-refractivity contribution in [1.82, 2.24) is 5.32 Å². The second-order valence-electron chi connectivity index (χ2n) is 11.4. The van der Waals surface area contributed by atoms with Gasteiger partial charge in [-0.2, -0.15) is 0 Å². The average molecular weight is 547 g/mol. The molecule has 4 saturated heterocycles. The van der Waals surface area contributed by atoms with Crippen molar-refractivity contribution in [1.29, 1.82) is 0 Å². The Balaban J connectivity index is 1.30. The van der Waals surface area contributed by atoms with E-state index in [1.54, 1.807) is 6.08 Å². The number of hydrogen-bond acceptors (Lipinski definition) is 12. The zero-order valence-electron chi connectivity index (χ0n) is 21.4. The molecule has 2 unspecified atom stereocenters. The lowest BCUT2D eigenvalue weighted by atomic mass is 9.54.